The van der Waals surface area contributed by atoms with E-state index in [1.54, 1.807) is 0 Å². The molecule has 158 valence electrons. The first-order valence-corrected chi connectivity index (χ1v) is 15.9. The monoisotopic (exact) mass is 412 g/mol. The summed E-state index contributed by atoms with van der Waals surface area (Å²) in [7, 11) is -3.47. The van der Waals surface area contributed by atoms with Crippen molar-refractivity contribution in [2.45, 2.75) is 97.8 Å². The predicted molar refractivity (Wildman–Crippen MR) is 123 cm³/mol. The number of aldehydes is 1. The Morgan fingerprint density at radius 3 is 2.00 bits per heavy atom. The highest BCUT2D eigenvalue weighted by atomic mass is 28.4. The Bertz CT molecular complexity index is 492. The van der Waals surface area contributed by atoms with Gasteiger partial charge in [-0.15, -0.1) is 0 Å². The van der Waals surface area contributed by atoms with Gasteiger partial charge in [0.15, 0.2) is 16.6 Å². The third-order valence-electron chi connectivity index (χ3n) is 6.26. The van der Waals surface area contributed by atoms with Crippen LogP contribution in [0.2, 0.25) is 36.3 Å². The lowest BCUT2D eigenvalue weighted by Crippen LogP contribution is -2.41. The average Bonchev–Trinajstić information content (AvgIpc) is 2.60. The van der Waals surface area contributed by atoms with E-state index in [9.17, 15) is 4.79 Å². The van der Waals surface area contributed by atoms with E-state index in [2.05, 4.69) is 79.8 Å². The summed E-state index contributed by atoms with van der Waals surface area (Å²) in [6.45, 7) is 22.6. The molecule has 0 aliphatic rings. The molecule has 0 spiro atoms. The smallest absolute Gasteiger partial charge is 0.192 e. The minimum Gasteiger partial charge on any atom is -0.413 e. The molecule has 5 heteroatoms. The number of hydrogen-bond donors (Lipinski definition) is 0. The van der Waals surface area contributed by atoms with Crippen molar-refractivity contribution in [3.05, 3.63) is 23.8 Å². The van der Waals surface area contributed by atoms with Crippen molar-refractivity contribution in [3.63, 3.8) is 0 Å². The fourth-order valence-corrected chi connectivity index (χ4v) is 6.40. The molecule has 2 atom stereocenters. The summed E-state index contributed by atoms with van der Waals surface area (Å²) in [5, 5.41) is 0.220. The number of allylic oxidation sites excluding steroid dienone is 2. The maximum absolute atomic E-state index is 11.4. The van der Waals surface area contributed by atoms with Gasteiger partial charge >= 0.3 is 0 Å². The Balaban J connectivity index is 5.11. The quantitative estimate of drug-likeness (QED) is 0.202. The maximum Gasteiger partial charge on any atom is 0.192 e. The van der Waals surface area contributed by atoms with Gasteiger partial charge in [0.1, 0.15) is 6.29 Å². The largest absolute Gasteiger partial charge is 0.413 e. The van der Waals surface area contributed by atoms with Gasteiger partial charge in [0.05, 0.1) is 12.7 Å². The molecule has 0 aromatic rings. The SMILES string of the molecule is CC[Si](CC)(CC)O[C@@H](/C=C/C(C)=C/CO[Si](C)(C)C(C)(C)C)[C@@H](C)C=O. The van der Waals surface area contributed by atoms with Crippen molar-refractivity contribution in [2.75, 3.05) is 6.61 Å². The molecule has 0 aromatic carbocycles. The third kappa shape index (κ3) is 8.59. The third-order valence-corrected chi connectivity index (χ3v) is 15.4. The molecule has 0 radical (unpaired) electrons. The van der Waals surface area contributed by atoms with Crippen molar-refractivity contribution in [1.29, 1.82) is 0 Å². The predicted octanol–water partition coefficient (Wildman–Crippen LogP) is 6.74. The summed E-state index contributed by atoms with van der Waals surface area (Å²) in [5.41, 5.74) is 1.15. The molecule has 0 saturated carbocycles. The van der Waals surface area contributed by atoms with Crippen LogP contribution in [0.4, 0.5) is 0 Å². The zero-order valence-corrected chi connectivity index (χ0v) is 21.5. The van der Waals surface area contributed by atoms with E-state index in [1.807, 2.05) is 6.92 Å². The van der Waals surface area contributed by atoms with Crippen LogP contribution in [-0.2, 0) is 13.6 Å². The summed E-state index contributed by atoms with van der Waals surface area (Å²) in [4.78, 5) is 11.4. The number of carbonyl (C=O) groups is 1. The Morgan fingerprint density at radius 2 is 1.59 bits per heavy atom. The van der Waals surface area contributed by atoms with Gasteiger partial charge in [0, 0.05) is 5.92 Å². The van der Waals surface area contributed by atoms with Gasteiger partial charge in [0.2, 0.25) is 0 Å². The molecule has 0 aromatic heterocycles. The van der Waals surface area contributed by atoms with Crippen molar-refractivity contribution < 1.29 is 13.6 Å². The Morgan fingerprint density at radius 1 is 1.07 bits per heavy atom. The van der Waals surface area contributed by atoms with Gasteiger partial charge in [-0.05, 0) is 43.2 Å². The van der Waals surface area contributed by atoms with Crippen LogP contribution in [0.25, 0.3) is 0 Å². The van der Waals surface area contributed by atoms with Crippen molar-refractivity contribution in [3.8, 4) is 0 Å². The second kappa shape index (κ2) is 11.5. The molecule has 0 rings (SSSR count). The molecule has 0 fully saturated rings. The summed E-state index contributed by atoms with van der Waals surface area (Å²) < 4.78 is 12.8. The van der Waals surface area contributed by atoms with Gasteiger partial charge < -0.3 is 13.6 Å². The standard InChI is InChI=1S/C22H44O3Si2/c1-11-27(12-2,13-3)25-21(20(5)18-23)15-14-19(4)16-17-24-26(9,10)22(6,7)8/h14-16,18,20-21H,11-13,17H2,1-10H3/b15-14+,19-16+/t20-,21-/m0/s1. The fraction of sp³-hybridized carbons (Fsp3) is 0.773. The van der Waals surface area contributed by atoms with E-state index in [0.717, 1.165) is 30.0 Å². The van der Waals surface area contributed by atoms with E-state index in [1.165, 1.54) is 0 Å². The van der Waals surface area contributed by atoms with E-state index in [4.69, 9.17) is 8.85 Å². The highest BCUT2D eigenvalue weighted by molar-refractivity contribution is 6.74. The molecule has 0 unspecified atom stereocenters. The summed E-state index contributed by atoms with van der Waals surface area (Å²) in [6, 6.07) is 3.27. The molecule has 0 aliphatic carbocycles. The molecule has 0 heterocycles. The van der Waals surface area contributed by atoms with E-state index in [0.29, 0.717) is 6.61 Å². The topological polar surface area (TPSA) is 35.5 Å². The van der Waals surface area contributed by atoms with E-state index >= 15 is 0 Å². The van der Waals surface area contributed by atoms with Crippen molar-refractivity contribution in [1.82, 2.24) is 0 Å². The lowest BCUT2D eigenvalue weighted by atomic mass is 10.1. The van der Waals surface area contributed by atoms with Crippen molar-refractivity contribution >= 4 is 22.9 Å². The van der Waals surface area contributed by atoms with Gasteiger partial charge in [-0.1, -0.05) is 72.3 Å². The minimum atomic E-state index is -1.75. The summed E-state index contributed by atoms with van der Waals surface area (Å²) in [6.07, 6.45) is 7.15. The highest BCUT2D eigenvalue weighted by Crippen LogP contribution is 2.36. The minimum absolute atomic E-state index is 0.131. The Hall–Kier alpha value is -0.496. The molecule has 0 bridgehead atoms. The Labute approximate surface area is 170 Å². The van der Waals surface area contributed by atoms with Crippen LogP contribution in [0.3, 0.4) is 0 Å². The van der Waals surface area contributed by atoms with Gasteiger partial charge in [-0.2, -0.15) is 0 Å². The van der Waals surface area contributed by atoms with Crippen LogP contribution < -0.4 is 0 Å². The lowest BCUT2D eigenvalue weighted by Gasteiger charge is -2.35. The lowest BCUT2D eigenvalue weighted by molar-refractivity contribution is -0.112. The number of carbonyl (C=O) groups excluding carboxylic acids is 1. The first-order valence-electron chi connectivity index (χ1n) is 10.5. The van der Waals surface area contributed by atoms with E-state index < -0.39 is 16.6 Å². The van der Waals surface area contributed by atoms with Crippen LogP contribution in [-0.4, -0.2) is 35.6 Å². The molecule has 27 heavy (non-hydrogen) atoms. The van der Waals surface area contributed by atoms with Gasteiger partial charge in [-0.3, -0.25) is 0 Å². The van der Waals surface area contributed by atoms with Gasteiger partial charge in [-0.25, -0.2) is 0 Å². The average molecular weight is 413 g/mol. The first kappa shape index (κ1) is 26.5. The second-order valence-electron chi connectivity index (χ2n) is 9.20. The second-order valence-corrected chi connectivity index (χ2v) is 18.7. The number of rotatable bonds is 12. The molecular weight excluding hydrogens is 368 g/mol. The summed E-state index contributed by atoms with van der Waals surface area (Å²) in [5.74, 6) is -0.131. The maximum atomic E-state index is 11.4. The van der Waals surface area contributed by atoms with Crippen LogP contribution in [0, 0.1) is 5.92 Å². The molecule has 0 amide bonds. The molecule has 0 saturated heterocycles. The summed E-state index contributed by atoms with van der Waals surface area (Å²) >= 11 is 0. The van der Waals surface area contributed by atoms with Crippen LogP contribution >= 0.6 is 0 Å². The molecule has 3 nitrogen and oxygen atoms in total. The molecular formula is C22H44O3Si2. The molecule has 0 aliphatic heterocycles. The number of hydrogen-bond acceptors (Lipinski definition) is 3. The van der Waals surface area contributed by atoms with Crippen molar-refractivity contribution in [2.24, 2.45) is 5.92 Å². The van der Waals surface area contributed by atoms with Gasteiger partial charge in [0.25, 0.3) is 0 Å². The van der Waals surface area contributed by atoms with Crippen LogP contribution in [0.5, 0.6) is 0 Å². The highest BCUT2D eigenvalue weighted by Gasteiger charge is 2.36. The zero-order valence-electron chi connectivity index (χ0n) is 19.5. The van der Waals surface area contributed by atoms with E-state index in [-0.39, 0.29) is 17.1 Å². The van der Waals surface area contributed by atoms with Crippen LogP contribution in [0.15, 0.2) is 23.8 Å². The Kier molecular flexibility index (Phi) is 11.3. The zero-order chi connectivity index (χ0) is 21.3. The van der Waals surface area contributed by atoms with Crippen LogP contribution in [0.1, 0.15) is 55.4 Å². The first-order chi connectivity index (χ1) is 12.4. The fourth-order valence-electron chi connectivity index (χ4n) is 2.60. The molecule has 0 N–H and O–H groups in total. The normalized spacial score (nSPS) is 16.6.